The maximum absolute atomic E-state index is 5.44. The van der Waals surface area contributed by atoms with E-state index in [4.69, 9.17) is 4.74 Å². The van der Waals surface area contributed by atoms with Crippen molar-refractivity contribution in [2.24, 2.45) is 0 Å². The number of thioether (sulfide) groups is 1. The molecule has 0 bridgehead atoms. The van der Waals surface area contributed by atoms with Gasteiger partial charge >= 0.3 is 0 Å². The molecular weight excluding hydrogens is 270 g/mol. The summed E-state index contributed by atoms with van der Waals surface area (Å²) in [5, 5.41) is 4.22. The fourth-order valence-electron chi connectivity index (χ4n) is 1.86. The summed E-state index contributed by atoms with van der Waals surface area (Å²) < 4.78 is 5.44. The third-order valence-corrected chi connectivity index (χ3v) is 4.16. The van der Waals surface area contributed by atoms with Gasteiger partial charge in [0.1, 0.15) is 12.1 Å². The van der Waals surface area contributed by atoms with E-state index >= 15 is 0 Å². The van der Waals surface area contributed by atoms with E-state index in [1.807, 2.05) is 19.2 Å². The van der Waals surface area contributed by atoms with Crippen LogP contribution in [0.25, 0.3) is 0 Å². The average molecular weight is 289 g/mol. The lowest BCUT2D eigenvalue weighted by molar-refractivity contribution is 0.411. The minimum Gasteiger partial charge on any atom is -0.496 e. The predicted octanol–water partition coefficient (Wildman–Crippen LogP) is 3.06. The summed E-state index contributed by atoms with van der Waals surface area (Å²) in [6, 6.07) is 8.55. The van der Waals surface area contributed by atoms with Crippen LogP contribution in [0.4, 0.5) is 0 Å². The molecule has 20 heavy (non-hydrogen) atoms. The number of aromatic nitrogens is 2. The molecule has 2 rings (SSSR count). The van der Waals surface area contributed by atoms with Gasteiger partial charge in [-0.15, -0.1) is 11.8 Å². The van der Waals surface area contributed by atoms with Gasteiger partial charge < -0.3 is 10.1 Å². The Bertz CT molecular complexity index is 548. The van der Waals surface area contributed by atoms with Gasteiger partial charge in [-0.05, 0) is 37.7 Å². The molecule has 0 saturated carbocycles. The van der Waals surface area contributed by atoms with Crippen molar-refractivity contribution < 1.29 is 4.74 Å². The van der Waals surface area contributed by atoms with E-state index in [-0.39, 0.29) is 0 Å². The van der Waals surface area contributed by atoms with Gasteiger partial charge in [-0.3, -0.25) is 0 Å². The monoisotopic (exact) mass is 289 g/mol. The first-order valence-corrected chi connectivity index (χ1v) is 7.46. The number of hydrogen-bond donors (Lipinski definition) is 1. The minimum atomic E-state index is 0.323. The van der Waals surface area contributed by atoms with Crippen molar-refractivity contribution in [1.82, 2.24) is 15.3 Å². The van der Waals surface area contributed by atoms with Crippen molar-refractivity contribution in [2.75, 3.05) is 14.2 Å². The smallest absolute Gasteiger partial charge is 0.122 e. The Balaban J connectivity index is 2.16. The minimum absolute atomic E-state index is 0.323. The molecule has 0 fully saturated rings. The van der Waals surface area contributed by atoms with Crippen LogP contribution in [-0.2, 0) is 5.75 Å². The zero-order chi connectivity index (χ0) is 14.4. The number of nitrogens with zero attached hydrogens (tertiary/aromatic N) is 2. The average Bonchev–Trinajstić information content (AvgIpc) is 2.52. The Labute approximate surface area is 124 Å². The molecule has 0 amide bonds. The maximum atomic E-state index is 5.44. The van der Waals surface area contributed by atoms with Crippen molar-refractivity contribution in [3.05, 3.63) is 47.9 Å². The molecule has 1 unspecified atom stereocenters. The fraction of sp³-hybridized carbons (Fsp3) is 0.333. The predicted molar refractivity (Wildman–Crippen MR) is 82.1 cm³/mol. The molecule has 1 aromatic carbocycles. The molecule has 0 spiro atoms. The molecule has 0 radical (unpaired) electrons. The fourth-order valence-corrected chi connectivity index (χ4v) is 2.67. The van der Waals surface area contributed by atoms with E-state index in [9.17, 15) is 0 Å². The van der Waals surface area contributed by atoms with E-state index in [0.717, 1.165) is 16.5 Å². The van der Waals surface area contributed by atoms with E-state index in [1.54, 1.807) is 31.4 Å². The highest BCUT2D eigenvalue weighted by Gasteiger charge is 2.09. The summed E-state index contributed by atoms with van der Waals surface area (Å²) in [5.41, 5.74) is 2.43. The van der Waals surface area contributed by atoms with Gasteiger partial charge in [0.25, 0.3) is 0 Å². The van der Waals surface area contributed by atoms with Crippen LogP contribution in [0.5, 0.6) is 5.75 Å². The number of rotatable bonds is 6. The Hall–Kier alpha value is -1.59. The molecular formula is C15H19N3OS. The lowest BCUT2D eigenvalue weighted by Crippen LogP contribution is -2.12. The van der Waals surface area contributed by atoms with Crippen LogP contribution >= 0.6 is 11.8 Å². The Morgan fingerprint density at radius 2 is 2.20 bits per heavy atom. The molecule has 5 heteroatoms. The second kappa shape index (κ2) is 7.26. The summed E-state index contributed by atoms with van der Waals surface area (Å²) in [6.45, 7) is 2.14. The molecule has 2 aromatic rings. The van der Waals surface area contributed by atoms with Gasteiger partial charge in [-0.2, -0.15) is 0 Å². The summed E-state index contributed by atoms with van der Waals surface area (Å²) >= 11 is 1.68. The van der Waals surface area contributed by atoms with Crippen LogP contribution in [0.2, 0.25) is 0 Å². The molecule has 0 aliphatic heterocycles. The van der Waals surface area contributed by atoms with Crippen LogP contribution < -0.4 is 10.1 Å². The molecule has 4 nitrogen and oxygen atoms in total. The number of methoxy groups -OCH3 is 1. The van der Waals surface area contributed by atoms with Crippen LogP contribution in [-0.4, -0.2) is 24.1 Å². The molecule has 1 atom stereocenters. The third kappa shape index (κ3) is 3.71. The highest BCUT2D eigenvalue weighted by atomic mass is 32.2. The topological polar surface area (TPSA) is 47.0 Å². The van der Waals surface area contributed by atoms with Crippen LogP contribution in [0.15, 0.2) is 41.8 Å². The van der Waals surface area contributed by atoms with Crippen molar-refractivity contribution >= 4 is 11.8 Å². The Morgan fingerprint density at radius 3 is 2.85 bits per heavy atom. The molecule has 0 aliphatic carbocycles. The zero-order valence-corrected chi connectivity index (χ0v) is 12.8. The highest BCUT2D eigenvalue weighted by molar-refractivity contribution is 7.98. The number of ether oxygens (including phenoxy) is 1. The lowest BCUT2D eigenvalue weighted by atomic mass is 10.1. The number of benzene rings is 1. The summed E-state index contributed by atoms with van der Waals surface area (Å²) in [4.78, 5) is 8.15. The summed E-state index contributed by atoms with van der Waals surface area (Å²) in [7, 11) is 3.67. The van der Waals surface area contributed by atoms with E-state index < -0.39 is 0 Å². The first-order valence-electron chi connectivity index (χ1n) is 6.47. The SMILES string of the molecule is CNC(C)c1ccc(OC)c(CSc2ccncn2)c1. The van der Waals surface area contributed by atoms with E-state index in [2.05, 4.69) is 34.3 Å². The van der Waals surface area contributed by atoms with Crippen molar-refractivity contribution in [1.29, 1.82) is 0 Å². The van der Waals surface area contributed by atoms with Gasteiger partial charge in [-0.25, -0.2) is 9.97 Å². The van der Waals surface area contributed by atoms with Crippen LogP contribution in [0.1, 0.15) is 24.1 Å². The van der Waals surface area contributed by atoms with Gasteiger partial charge in [0.15, 0.2) is 0 Å². The second-order valence-electron chi connectivity index (χ2n) is 4.42. The van der Waals surface area contributed by atoms with Crippen molar-refractivity contribution in [3.8, 4) is 5.75 Å². The van der Waals surface area contributed by atoms with Crippen molar-refractivity contribution in [3.63, 3.8) is 0 Å². The maximum Gasteiger partial charge on any atom is 0.122 e. The number of hydrogen-bond acceptors (Lipinski definition) is 5. The van der Waals surface area contributed by atoms with Crippen LogP contribution in [0, 0.1) is 0 Å². The van der Waals surface area contributed by atoms with E-state index in [0.29, 0.717) is 6.04 Å². The van der Waals surface area contributed by atoms with Gasteiger partial charge in [-0.1, -0.05) is 6.07 Å². The van der Waals surface area contributed by atoms with E-state index in [1.165, 1.54) is 11.1 Å². The molecule has 106 valence electrons. The highest BCUT2D eigenvalue weighted by Crippen LogP contribution is 2.29. The van der Waals surface area contributed by atoms with Crippen LogP contribution in [0.3, 0.4) is 0 Å². The summed E-state index contributed by atoms with van der Waals surface area (Å²) in [5.74, 6) is 1.74. The third-order valence-electron chi connectivity index (χ3n) is 3.17. The normalized spacial score (nSPS) is 12.2. The zero-order valence-electron chi connectivity index (χ0n) is 12.0. The first kappa shape index (κ1) is 14.8. The molecule has 0 aliphatic rings. The van der Waals surface area contributed by atoms with Crippen molar-refractivity contribution in [2.45, 2.75) is 23.7 Å². The first-order chi connectivity index (χ1) is 9.74. The largest absolute Gasteiger partial charge is 0.496 e. The molecule has 1 heterocycles. The van der Waals surface area contributed by atoms with Gasteiger partial charge in [0.2, 0.25) is 0 Å². The Kier molecular flexibility index (Phi) is 5.38. The molecule has 1 aromatic heterocycles. The Morgan fingerprint density at radius 1 is 1.35 bits per heavy atom. The standard InChI is InChI=1S/C15H19N3OS/c1-11(16-2)12-4-5-14(19-3)13(8-12)9-20-15-6-7-17-10-18-15/h4-8,10-11,16H,9H2,1-3H3. The quantitative estimate of drug-likeness (QED) is 0.654. The number of nitrogens with one attached hydrogen (secondary N) is 1. The summed E-state index contributed by atoms with van der Waals surface area (Å²) in [6.07, 6.45) is 3.32. The molecule has 0 saturated heterocycles. The van der Waals surface area contributed by atoms with Gasteiger partial charge in [0, 0.05) is 23.6 Å². The lowest BCUT2D eigenvalue weighted by Gasteiger charge is -2.14. The second-order valence-corrected chi connectivity index (χ2v) is 5.41. The van der Waals surface area contributed by atoms with Gasteiger partial charge in [0.05, 0.1) is 12.1 Å². The molecule has 1 N–H and O–H groups in total.